The molecule has 24 heavy (non-hydrogen) atoms. The number of imidazole rings is 1. The SMILES string of the molecule is Cc1[nH]c(CN(C)C(=O)NC(C)C)nc1-c1cccc([N+](=O)[O-])c1. The van der Waals surface area contributed by atoms with Crippen molar-refractivity contribution in [3.05, 3.63) is 45.9 Å². The van der Waals surface area contributed by atoms with E-state index in [1.807, 2.05) is 20.8 Å². The number of aromatic amines is 1. The lowest BCUT2D eigenvalue weighted by molar-refractivity contribution is -0.384. The number of aryl methyl sites for hydroxylation is 1. The predicted molar refractivity (Wildman–Crippen MR) is 90.5 cm³/mol. The summed E-state index contributed by atoms with van der Waals surface area (Å²) in [6.45, 7) is 5.94. The highest BCUT2D eigenvalue weighted by atomic mass is 16.6. The number of hydrogen-bond donors (Lipinski definition) is 2. The number of aromatic nitrogens is 2. The molecular weight excluding hydrogens is 310 g/mol. The molecule has 0 bridgehead atoms. The molecule has 0 aliphatic heterocycles. The Hall–Kier alpha value is -2.90. The van der Waals surface area contributed by atoms with E-state index >= 15 is 0 Å². The molecule has 8 heteroatoms. The van der Waals surface area contributed by atoms with Crippen molar-refractivity contribution in [3.8, 4) is 11.3 Å². The molecule has 1 aromatic heterocycles. The number of nitro groups is 1. The molecule has 2 amide bonds. The molecule has 0 spiro atoms. The monoisotopic (exact) mass is 331 g/mol. The van der Waals surface area contributed by atoms with Crippen molar-refractivity contribution in [3.63, 3.8) is 0 Å². The van der Waals surface area contributed by atoms with Crippen molar-refractivity contribution in [1.82, 2.24) is 20.2 Å². The molecule has 2 rings (SSSR count). The van der Waals surface area contributed by atoms with E-state index in [-0.39, 0.29) is 17.8 Å². The Balaban J connectivity index is 2.20. The van der Waals surface area contributed by atoms with Gasteiger partial charge in [-0.3, -0.25) is 10.1 Å². The molecular formula is C16H21N5O3. The van der Waals surface area contributed by atoms with E-state index < -0.39 is 4.92 Å². The van der Waals surface area contributed by atoms with Crippen molar-refractivity contribution in [2.75, 3.05) is 7.05 Å². The molecule has 0 radical (unpaired) electrons. The Bertz CT molecular complexity index is 754. The van der Waals surface area contributed by atoms with Crippen LogP contribution in [0, 0.1) is 17.0 Å². The van der Waals surface area contributed by atoms with Crippen LogP contribution in [0.15, 0.2) is 24.3 Å². The smallest absolute Gasteiger partial charge is 0.317 e. The first-order valence-electron chi connectivity index (χ1n) is 7.60. The minimum Gasteiger partial charge on any atom is -0.344 e. The van der Waals surface area contributed by atoms with Crippen molar-refractivity contribution in [2.45, 2.75) is 33.4 Å². The lowest BCUT2D eigenvalue weighted by atomic mass is 10.1. The number of nitrogens with zero attached hydrogens (tertiary/aromatic N) is 3. The maximum atomic E-state index is 11.9. The Morgan fingerprint density at radius 1 is 1.46 bits per heavy atom. The molecule has 2 N–H and O–H groups in total. The number of carbonyl (C=O) groups is 1. The van der Waals surface area contributed by atoms with Gasteiger partial charge in [-0.2, -0.15) is 0 Å². The van der Waals surface area contributed by atoms with Crippen LogP contribution in [0.5, 0.6) is 0 Å². The van der Waals surface area contributed by atoms with E-state index in [1.54, 1.807) is 19.2 Å². The van der Waals surface area contributed by atoms with Gasteiger partial charge in [-0.1, -0.05) is 12.1 Å². The predicted octanol–water partition coefficient (Wildman–Crippen LogP) is 2.84. The standard InChI is InChI=1S/C16H21N5O3/c1-10(2)17-16(22)20(4)9-14-18-11(3)15(19-14)12-6-5-7-13(8-12)21(23)24/h5-8,10H,9H2,1-4H3,(H,17,22)(H,18,19). The normalized spacial score (nSPS) is 10.7. The second-order valence-electron chi connectivity index (χ2n) is 5.92. The number of nitrogens with one attached hydrogen (secondary N) is 2. The van der Waals surface area contributed by atoms with Gasteiger partial charge in [-0.15, -0.1) is 0 Å². The van der Waals surface area contributed by atoms with Gasteiger partial charge < -0.3 is 15.2 Å². The summed E-state index contributed by atoms with van der Waals surface area (Å²) in [6, 6.07) is 6.20. The lowest BCUT2D eigenvalue weighted by Gasteiger charge is -2.18. The third-order valence-corrected chi connectivity index (χ3v) is 3.41. The third kappa shape index (κ3) is 4.09. The molecule has 0 atom stereocenters. The number of carbonyl (C=O) groups excluding carboxylic acids is 1. The summed E-state index contributed by atoms with van der Waals surface area (Å²) < 4.78 is 0. The lowest BCUT2D eigenvalue weighted by Crippen LogP contribution is -2.40. The Morgan fingerprint density at radius 2 is 2.17 bits per heavy atom. The summed E-state index contributed by atoms with van der Waals surface area (Å²) in [6.07, 6.45) is 0. The topological polar surface area (TPSA) is 104 Å². The van der Waals surface area contributed by atoms with E-state index in [0.29, 0.717) is 23.6 Å². The van der Waals surface area contributed by atoms with E-state index in [9.17, 15) is 14.9 Å². The number of hydrogen-bond acceptors (Lipinski definition) is 4. The molecule has 1 heterocycles. The molecule has 8 nitrogen and oxygen atoms in total. The molecule has 0 aliphatic rings. The number of benzene rings is 1. The zero-order valence-corrected chi connectivity index (χ0v) is 14.2. The molecule has 0 fully saturated rings. The summed E-state index contributed by atoms with van der Waals surface area (Å²) in [5.74, 6) is 0.621. The maximum Gasteiger partial charge on any atom is 0.317 e. The van der Waals surface area contributed by atoms with E-state index in [1.165, 1.54) is 17.0 Å². The van der Waals surface area contributed by atoms with Crippen LogP contribution in [0.25, 0.3) is 11.3 Å². The molecule has 128 valence electrons. The average Bonchev–Trinajstić information content (AvgIpc) is 2.87. The Morgan fingerprint density at radius 3 is 2.79 bits per heavy atom. The largest absolute Gasteiger partial charge is 0.344 e. The van der Waals surface area contributed by atoms with Gasteiger partial charge >= 0.3 is 6.03 Å². The molecule has 2 aromatic rings. The summed E-state index contributed by atoms with van der Waals surface area (Å²) in [5.41, 5.74) is 2.12. The fourth-order valence-electron chi connectivity index (χ4n) is 2.30. The van der Waals surface area contributed by atoms with E-state index in [2.05, 4.69) is 15.3 Å². The number of amides is 2. The van der Waals surface area contributed by atoms with Crippen LogP contribution in [0.4, 0.5) is 10.5 Å². The van der Waals surface area contributed by atoms with Crippen molar-refractivity contribution in [2.24, 2.45) is 0 Å². The second kappa shape index (κ2) is 7.12. The Labute approximate surface area is 140 Å². The van der Waals surface area contributed by atoms with Crippen LogP contribution in [-0.2, 0) is 6.54 Å². The number of non-ortho nitro benzene ring substituents is 1. The van der Waals surface area contributed by atoms with Gasteiger partial charge in [0, 0.05) is 36.5 Å². The van der Waals surface area contributed by atoms with Gasteiger partial charge in [0.05, 0.1) is 17.2 Å². The second-order valence-corrected chi connectivity index (χ2v) is 5.92. The Kier molecular flexibility index (Phi) is 5.18. The summed E-state index contributed by atoms with van der Waals surface area (Å²) >= 11 is 0. The molecule has 1 aromatic carbocycles. The zero-order valence-electron chi connectivity index (χ0n) is 14.2. The van der Waals surface area contributed by atoms with Crippen LogP contribution in [-0.4, -0.2) is 38.9 Å². The quantitative estimate of drug-likeness (QED) is 0.649. The maximum absolute atomic E-state index is 11.9. The van der Waals surface area contributed by atoms with E-state index in [4.69, 9.17) is 0 Å². The third-order valence-electron chi connectivity index (χ3n) is 3.41. The van der Waals surface area contributed by atoms with Crippen LogP contribution in [0.2, 0.25) is 0 Å². The first-order chi connectivity index (χ1) is 11.3. The van der Waals surface area contributed by atoms with Crippen molar-refractivity contribution >= 4 is 11.7 Å². The minimum atomic E-state index is -0.434. The molecule has 0 saturated heterocycles. The van der Waals surface area contributed by atoms with Gasteiger partial charge in [0.15, 0.2) is 0 Å². The van der Waals surface area contributed by atoms with Crippen LogP contribution in [0.3, 0.4) is 0 Å². The van der Waals surface area contributed by atoms with Gasteiger partial charge in [-0.25, -0.2) is 9.78 Å². The number of H-pyrrole nitrogens is 1. The van der Waals surface area contributed by atoms with Gasteiger partial charge in [0.25, 0.3) is 5.69 Å². The summed E-state index contributed by atoms with van der Waals surface area (Å²) in [5, 5.41) is 13.7. The van der Waals surface area contributed by atoms with Gasteiger partial charge in [0.2, 0.25) is 0 Å². The first kappa shape index (κ1) is 17.5. The molecule has 0 aliphatic carbocycles. The summed E-state index contributed by atoms with van der Waals surface area (Å²) in [7, 11) is 1.68. The number of urea groups is 1. The molecule has 0 unspecified atom stereocenters. The van der Waals surface area contributed by atoms with Gasteiger partial charge in [0.1, 0.15) is 5.82 Å². The highest BCUT2D eigenvalue weighted by Crippen LogP contribution is 2.25. The van der Waals surface area contributed by atoms with Crippen LogP contribution < -0.4 is 5.32 Å². The highest BCUT2D eigenvalue weighted by Gasteiger charge is 2.16. The van der Waals surface area contributed by atoms with Crippen LogP contribution >= 0.6 is 0 Å². The minimum absolute atomic E-state index is 0.0184. The fourth-order valence-corrected chi connectivity index (χ4v) is 2.30. The highest BCUT2D eigenvalue weighted by molar-refractivity contribution is 5.74. The first-order valence-corrected chi connectivity index (χ1v) is 7.60. The van der Waals surface area contributed by atoms with E-state index in [0.717, 1.165) is 5.69 Å². The number of rotatable bonds is 5. The number of nitro benzene ring substituents is 1. The summed E-state index contributed by atoms with van der Waals surface area (Å²) in [4.78, 5) is 31.5. The molecule has 0 saturated carbocycles. The zero-order chi connectivity index (χ0) is 17.9. The van der Waals surface area contributed by atoms with Crippen LogP contribution in [0.1, 0.15) is 25.4 Å². The van der Waals surface area contributed by atoms with Gasteiger partial charge in [-0.05, 0) is 20.8 Å². The van der Waals surface area contributed by atoms with Crippen molar-refractivity contribution in [1.29, 1.82) is 0 Å². The average molecular weight is 331 g/mol. The van der Waals surface area contributed by atoms with Crippen molar-refractivity contribution < 1.29 is 9.72 Å². The fraction of sp³-hybridized carbons (Fsp3) is 0.375.